The third-order valence-corrected chi connectivity index (χ3v) is 2.75. The number of rotatable bonds is 4. The van der Waals surface area contributed by atoms with Gasteiger partial charge in [-0.15, -0.1) is 0 Å². The van der Waals surface area contributed by atoms with Crippen LogP contribution in [0.2, 0.25) is 0 Å². The summed E-state index contributed by atoms with van der Waals surface area (Å²) in [4.78, 5) is 11.1. The molecular weight excluding hydrogens is 232 g/mol. The van der Waals surface area contributed by atoms with Crippen LogP contribution in [0.25, 0.3) is 0 Å². The largest absolute Gasteiger partial charge is 0.477 e. The summed E-state index contributed by atoms with van der Waals surface area (Å²) in [7, 11) is 0. The van der Waals surface area contributed by atoms with E-state index in [1.807, 2.05) is 30.3 Å². The van der Waals surface area contributed by atoms with Crippen molar-refractivity contribution in [3.8, 4) is 0 Å². The molecule has 0 spiro atoms. The van der Waals surface area contributed by atoms with Gasteiger partial charge >= 0.3 is 5.97 Å². The van der Waals surface area contributed by atoms with Crippen molar-refractivity contribution >= 4 is 5.97 Å². The molecule has 0 unspecified atom stereocenters. The van der Waals surface area contributed by atoms with Gasteiger partial charge in [0.2, 0.25) is 0 Å². The lowest BCUT2D eigenvalue weighted by Crippen LogP contribution is -2.17. The van der Waals surface area contributed by atoms with E-state index in [4.69, 9.17) is 15.4 Å². The molecule has 5 heteroatoms. The van der Waals surface area contributed by atoms with Crippen molar-refractivity contribution < 1.29 is 14.4 Å². The van der Waals surface area contributed by atoms with Crippen LogP contribution in [0.5, 0.6) is 0 Å². The zero-order valence-electron chi connectivity index (χ0n) is 9.96. The fourth-order valence-electron chi connectivity index (χ4n) is 1.87. The molecule has 1 atom stereocenters. The van der Waals surface area contributed by atoms with Crippen molar-refractivity contribution in [2.24, 2.45) is 5.73 Å². The quantitative estimate of drug-likeness (QED) is 0.860. The van der Waals surface area contributed by atoms with Crippen LogP contribution >= 0.6 is 0 Å². The molecule has 1 aromatic carbocycles. The molecule has 5 nitrogen and oxygen atoms in total. The lowest BCUT2D eigenvalue weighted by atomic mass is 10.0. The van der Waals surface area contributed by atoms with E-state index in [0.29, 0.717) is 12.1 Å². The number of nitrogens with two attached hydrogens (primary N) is 1. The van der Waals surface area contributed by atoms with E-state index < -0.39 is 12.0 Å². The van der Waals surface area contributed by atoms with Crippen LogP contribution in [-0.4, -0.2) is 16.2 Å². The van der Waals surface area contributed by atoms with Crippen LogP contribution in [0.1, 0.15) is 33.4 Å². The fraction of sp³-hybridized carbons (Fsp3) is 0.231. The average Bonchev–Trinajstić information content (AvgIpc) is 2.72. The molecule has 18 heavy (non-hydrogen) atoms. The number of benzene rings is 1. The normalized spacial score (nSPS) is 12.3. The summed E-state index contributed by atoms with van der Waals surface area (Å²) in [5.74, 6) is -0.784. The number of hydrogen-bond acceptors (Lipinski definition) is 4. The van der Waals surface area contributed by atoms with Gasteiger partial charge in [-0.05, 0) is 18.9 Å². The van der Waals surface area contributed by atoms with E-state index in [0.717, 1.165) is 5.56 Å². The molecule has 0 aliphatic rings. The molecule has 0 bridgehead atoms. The Morgan fingerprint density at radius 3 is 2.72 bits per heavy atom. The number of aromatic carboxylic acids is 1. The van der Waals surface area contributed by atoms with E-state index in [-0.39, 0.29) is 11.3 Å². The summed E-state index contributed by atoms with van der Waals surface area (Å²) >= 11 is 0. The number of carboxylic acid groups (broad SMARTS) is 1. The van der Waals surface area contributed by atoms with Gasteiger partial charge in [0.05, 0.1) is 6.04 Å². The summed E-state index contributed by atoms with van der Waals surface area (Å²) in [6.07, 6.45) is 0.521. The van der Waals surface area contributed by atoms with Crippen LogP contribution in [0.4, 0.5) is 0 Å². The third-order valence-electron chi connectivity index (χ3n) is 2.75. The topological polar surface area (TPSA) is 89.4 Å². The van der Waals surface area contributed by atoms with Gasteiger partial charge in [-0.25, -0.2) is 4.79 Å². The molecule has 94 valence electrons. The highest BCUT2D eigenvalue weighted by molar-refractivity contribution is 5.90. The number of hydrogen-bond donors (Lipinski definition) is 2. The molecule has 3 N–H and O–H groups in total. The number of carboxylic acids is 1. The highest BCUT2D eigenvalue weighted by Gasteiger charge is 2.24. The first-order valence-corrected chi connectivity index (χ1v) is 5.58. The van der Waals surface area contributed by atoms with E-state index in [9.17, 15) is 4.79 Å². The molecule has 0 radical (unpaired) electrons. The van der Waals surface area contributed by atoms with Crippen molar-refractivity contribution in [1.82, 2.24) is 5.16 Å². The molecular formula is C13H14N2O3. The van der Waals surface area contributed by atoms with Crippen LogP contribution in [-0.2, 0) is 6.42 Å². The Hall–Kier alpha value is -2.14. The number of nitrogens with zero attached hydrogens (tertiary/aromatic N) is 1. The van der Waals surface area contributed by atoms with Gasteiger partial charge in [-0.2, -0.15) is 0 Å². The molecule has 1 aromatic heterocycles. The molecule has 0 fully saturated rings. The Morgan fingerprint density at radius 1 is 1.44 bits per heavy atom. The first kappa shape index (κ1) is 12.3. The van der Waals surface area contributed by atoms with Gasteiger partial charge in [-0.1, -0.05) is 35.5 Å². The minimum atomic E-state index is -1.06. The lowest BCUT2D eigenvalue weighted by Gasteiger charge is -2.09. The molecule has 0 aliphatic heterocycles. The monoisotopic (exact) mass is 246 g/mol. The minimum Gasteiger partial charge on any atom is -0.477 e. The summed E-state index contributed by atoms with van der Waals surface area (Å²) in [6.45, 7) is 1.56. The van der Waals surface area contributed by atoms with E-state index >= 15 is 0 Å². The Bertz CT molecular complexity index is 549. The Labute approximate surface area is 104 Å². The standard InChI is InChI=1S/C13H14N2O3/c1-8-11(13(16)17)12(15-18-8)10(14)7-9-5-3-2-4-6-9/h2-6,10H,7,14H2,1H3,(H,16,17)/t10-/m0/s1. The number of aryl methyl sites for hydroxylation is 1. The minimum absolute atomic E-state index is 0.0680. The summed E-state index contributed by atoms with van der Waals surface area (Å²) in [5.41, 5.74) is 7.39. The maximum absolute atomic E-state index is 11.1. The highest BCUT2D eigenvalue weighted by Crippen LogP contribution is 2.21. The zero-order chi connectivity index (χ0) is 13.1. The highest BCUT2D eigenvalue weighted by atomic mass is 16.5. The summed E-state index contributed by atoms with van der Waals surface area (Å²) in [6, 6.07) is 9.12. The Morgan fingerprint density at radius 2 is 2.11 bits per heavy atom. The predicted molar refractivity (Wildman–Crippen MR) is 65.3 cm³/mol. The van der Waals surface area contributed by atoms with E-state index in [2.05, 4.69) is 5.16 Å². The Balaban J connectivity index is 2.24. The molecule has 0 aliphatic carbocycles. The second-order valence-corrected chi connectivity index (χ2v) is 4.10. The van der Waals surface area contributed by atoms with Crippen molar-refractivity contribution in [2.75, 3.05) is 0 Å². The zero-order valence-corrected chi connectivity index (χ0v) is 9.96. The first-order chi connectivity index (χ1) is 8.59. The second-order valence-electron chi connectivity index (χ2n) is 4.10. The van der Waals surface area contributed by atoms with Crippen molar-refractivity contribution in [3.05, 3.63) is 52.9 Å². The Kier molecular flexibility index (Phi) is 3.43. The second kappa shape index (κ2) is 5.01. The number of carbonyl (C=O) groups is 1. The van der Waals surface area contributed by atoms with Crippen molar-refractivity contribution in [1.29, 1.82) is 0 Å². The van der Waals surface area contributed by atoms with Crippen molar-refractivity contribution in [2.45, 2.75) is 19.4 Å². The smallest absolute Gasteiger partial charge is 0.341 e. The van der Waals surface area contributed by atoms with Gasteiger partial charge in [-0.3, -0.25) is 0 Å². The van der Waals surface area contributed by atoms with Crippen LogP contribution in [0.3, 0.4) is 0 Å². The van der Waals surface area contributed by atoms with Gasteiger partial charge in [0.15, 0.2) is 0 Å². The lowest BCUT2D eigenvalue weighted by molar-refractivity contribution is 0.0693. The first-order valence-electron chi connectivity index (χ1n) is 5.58. The fourth-order valence-corrected chi connectivity index (χ4v) is 1.87. The SMILES string of the molecule is Cc1onc([C@@H](N)Cc2ccccc2)c1C(=O)O. The predicted octanol–water partition coefficient (Wildman–Crippen LogP) is 1.92. The van der Waals surface area contributed by atoms with Gasteiger partial charge in [0, 0.05) is 0 Å². The third kappa shape index (κ3) is 2.41. The number of aromatic nitrogens is 1. The maximum atomic E-state index is 11.1. The summed E-state index contributed by atoms with van der Waals surface area (Å²) in [5, 5.41) is 12.8. The molecule has 2 rings (SSSR count). The van der Waals surface area contributed by atoms with E-state index in [1.165, 1.54) is 0 Å². The molecule has 0 saturated heterocycles. The maximum Gasteiger partial charge on any atom is 0.341 e. The summed E-state index contributed by atoms with van der Waals surface area (Å²) < 4.78 is 4.90. The van der Waals surface area contributed by atoms with Crippen LogP contribution in [0.15, 0.2) is 34.9 Å². The van der Waals surface area contributed by atoms with E-state index in [1.54, 1.807) is 6.92 Å². The van der Waals surface area contributed by atoms with Gasteiger partial charge in [0.1, 0.15) is 17.0 Å². The molecule has 0 amide bonds. The van der Waals surface area contributed by atoms with Crippen LogP contribution in [0, 0.1) is 6.92 Å². The van der Waals surface area contributed by atoms with Crippen molar-refractivity contribution in [3.63, 3.8) is 0 Å². The van der Waals surface area contributed by atoms with Crippen LogP contribution < -0.4 is 5.73 Å². The van der Waals surface area contributed by atoms with Gasteiger partial charge in [0.25, 0.3) is 0 Å². The van der Waals surface area contributed by atoms with Gasteiger partial charge < -0.3 is 15.4 Å². The molecule has 1 heterocycles. The average molecular weight is 246 g/mol. The molecule has 0 saturated carbocycles. The molecule has 2 aromatic rings.